The number of nitrogens with zero attached hydrogens (tertiary/aromatic N) is 3. The third-order valence-corrected chi connectivity index (χ3v) is 10.0. The number of likely N-dealkylation sites (tertiary alicyclic amines) is 1. The van der Waals surface area contributed by atoms with Crippen LogP contribution in [0.25, 0.3) is 22.7 Å². The number of hydrogen-bond donors (Lipinski definition) is 1. The van der Waals surface area contributed by atoms with Gasteiger partial charge in [-0.05, 0) is 104 Å². The molecule has 45 heavy (non-hydrogen) atoms. The van der Waals surface area contributed by atoms with E-state index in [1.54, 1.807) is 34.8 Å². The van der Waals surface area contributed by atoms with E-state index in [0.717, 1.165) is 54.1 Å². The number of carbonyl (C=O) groups excluding carboxylic acids is 1. The van der Waals surface area contributed by atoms with Gasteiger partial charge in [0.05, 0.1) is 22.8 Å². The number of benzene rings is 1. The molecule has 234 valence electrons. The number of thiophene rings is 2. The Balaban J connectivity index is 0.000000315. The number of carboxylic acids is 2. The molecule has 3 N–H and O–H groups in total. The number of fused-ring (bicyclic) bond motifs is 1. The van der Waals surface area contributed by atoms with Crippen molar-refractivity contribution in [2.45, 2.75) is 38.0 Å². The van der Waals surface area contributed by atoms with Crippen molar-refractivity contribution in [3.8, 4) is 0 Å². The third-order valence-electron chi connectivity index (χ3n) is 7.22. The number of aryl methyl sites for hydroxylation is 2. The van der Waals surface area contributed by atoms with Crippen molar-refractivity contribution in [2.75, 3.05) is 25.9 Å². The molecule has 0 radical (unpaired) electrons. The van der Waals surface area contributed by atoms with Crippen molar-refractivity contribution in [3.05, 3.63) is 90.8 Å². The number of carboxylic acid groups (broad SMARTS) is 2. The van der Waals surface area contributed by atoms with Crippen molar-refractivity contribution in [2.24, 2.45) is 5.92 Å². The SMILES string of the molecule is CSc1ccc2ncn(/C=C/C(=O)[O-])c(=O)c2c1.Cc1ccsc1C(=CCCN1CCC[C@@H](C(=O)O)C1)c1sccc1C.O.[Na+]. The van der Waals surface area contributed by atoms with Crippen LogP contribution in [0.5, 0.6) is 0 Å². The first-order valence-corrected chi connectivity index (χ1v) is 16.8. The Morgan fingerprint density at radius 2 is 1.80 bits per heavy atom. The molecule has 0 unspecified atom stereocenters. The molecule has 9 nitrogen and oxygen atoms in total. The van der Waals surface area contributed by atoms with E-state index >= 15 is 0 Å². The van der Waals surface area contributed by atoms with Crippen molar-refractivity contribution in [3.63, 3.8) is 0 Å². The summed E-state index contributed by atoms with van der Waals surface area (Å²) in [6.07, 6.45) is 10.2. The molecular weight excluding hydrogens is 642 g/mol. The maximum atomic E-state index is 12.1. The minimum Gasteiger partial charge on any atom is -0.545 e. The van der Waals surface area contributed by atoms with Gasteiger partial charge >= 0.3 is 35.5 Å². The average molecular weight is 678 g/mol. The molecular formula is C32H36N3NaO6S3. The topological polar surface area (TPSA) is 147 Å². The predicted molar refractivity (Wildman–Crippen MR) is 178 cm³/mol. The number of aliphatic carboxylic acids is 2. The fourth-order valence-electron chi connectivity index (χ4n) is 4.93. The molecule has 1 aliphatic heterocycles. The van der Waals surface area contributed by atoms with Gasteiger partial charge in [0.15, 0.2) is 0 Å². The second-order valence-corrected chi connectivity index (χ2v) is 12.9. The second-order valence-electron chi connectivity index (χ2n) is 10.2. The van der Waals surface area contributed by atoms with Gasteiger partial charge in [0.2, 0.25) is 0 Å². The Kier molecular flexibility index (Phi) is 15.9. The van der Waals surface area contributed by atoms with Crippen LogP contribution >= 0.6 is 34.4 Å². The zero-order valence-corrected chi connectivity index (χ0v) is 30.3. The summed E-state index contributed by atoms with van der Waals surface area (Å²) in [6, 6.07) is 9.73. The average Bonchev–Trinajstić information content (AvgIpc) is 3.63. The molecule has 5 rings (SSSR count). The number of carbonyl (C=O) groups is 2. The Morgan fingerprint density at radius 1 is 1.13 bits per heavy atom. The van der Waals surface area contributed by atoms with Crippen LogP contribution in [-0.4, -0.2) is 62.9 Å². The molecule has 0 aliphatic carbocycles. The minimum atomic E-state index is -1.36. The van der Waals surface area contributed by atoms with E-state index in [-0.39, 0.29) is 46.5 Å². The van der Waals surface area contributed by atoms with Crippen molar-refractivity contribution in [1.82, 2.24) is 14.5 Å². The first-order chi connectivity index (χ1) is 20.7. The van der Waals surface area contributed by atoms with Crippen LogP contribution in [0.4, 0.5) is 0 Å². The molecule has 13 heteroatoms. The smallest absolute Gasteiger partial charge is 0.545 e. The van der Waals surface area contributed by atoms with Crippen LogP contribution in [-0.2, 0) is 9.59 Å². The monoisotopic (exact) mass is 677 g/mol. The molecule has 1 atom stereocenters. The maximum absolute atomic E-state index is 12.1. The molecule has 0 amide bonds. The summed E-state index contributed by atoms with van der Waals surface area (Å²) < 4.78 is 1.11. The maximum Gasteiger partial charge on any atom is 1.00 e. The van der Waals surface area contributed by atoms with Gasteiger partial charge in [-0.1, -0.05) is 6.08 Å². The van der Waals surface area contributed by atoms with Gasteiger partial charge in [0.1, 0.15) is 6.33 Å². The van der Waals surface area contributed by atoms with E-state index in [9.17, 15) is 24.6 Å². The molecule has 1 aliphatic rings. The summed E-state index contributed by atoms with van der Waals surface area (Å²) in [5, 5.41) is 24.3. The first-order valence-electron chi connectivity index (χ1n) is 13.9. The van der Waals surface area contributed by atoms with Crippen molar-refractivity contribution < 1.29 is 54.8 Å². The molecule has 1 aromatic carbocycles. The number of rotatable bonds is 9. The number of thioether (sulfide) groups is 1. The van der Waals surface area contributed by atoms with Crippen LogP contribution in [0.15, 0.2) is 69.3 Å². The summed E-state index contributed by atoms with van der Waals surface area (Å²) in [6.45, 7) is 6.98. The minimum absolute atomic E-state index is 0. The van der Waals surface area contributed by atoms with Gasteiger partial charge in [0, 0.05) is 39.5 Å². The summed E-state index contributed by atoms with van der Waals surface area (Å²) in [5.41, 5.74) is 4.26. The molecule has 1 saturated heterocycles. The fourth-order valence-corrected chi connectivity index (χ4v) is 7.38. The van der Waals surface area contributed by atoms with E-state index in [2.05, 4.69) is 52.7 Å². The van der Waals surface area contributed by atoms with E-state index in [1.807, 2.05) is 12.3 Å². The molecule has 0 spiro atoms. The molecule has 0 saturated carbocycles. The standard InChI is InChI=1S/C20H25NO2S2.C12H10N2O3S.Na.H2O/c1-14-7-11-24-18(14)17(19-15(2)8-12-25-19)6-4-10-21-9-3-5-16(13-21)20(22)23;1-18-8-2-3-10-9(6-8)12(17)14(7-13-10)5-4-11(15)16;;/h6-8,11-12,16H,3-5,9-10,13H2,1-2H3,(H,22,23);2-7H,1H3,(H,15,16);;1H2/q;;+1;/p-1/b;5-4+;;/t16-;;;/m1.../s1. The molecule has 3 aromatic heterocycles. The predicted octanol–water partition coefficient (Wildman–Crippen LogP) is 1.56. The third kappa shape index (κ3) is 10.5. The first kappa shape index (κ1) is 38.6. The molecule has 0 bridgehead atoms. The van der Waals surface area contributed by atoms with Gasteiger partial charge < -0.3 is 25.4 Å². The molecule has 4 heterocycles. The van der Waals surface area contributed by atoms with Gasteiger partial charge in [-0.3, -0.25) is 14.2 Å². The summed E-state index contributed by atoms with van der Waals surface area (Å²) in [4.78, 5) is 43.6. The molecule has 4 aromatic rings. The normalized spacial score (nSPS) is 14.6. The number of aromatic nitrogens is 2. The summed E-state index contributed by atoms with van der Waals surface area (Å²) in [7, 11) is 0. The zero-order valence-electron chi connectivity index (χ0n) is 25.8. The van der Waals surface area contributed by atoms with Gasteiger partial charge in [-0.2, -0.15) is 0 Å². The van der Waals surface area contributed by atoms with E-state index in [0.29, 0.717) is 17.4 Å². The number of hydrogen-bond acceptors (Lipinski definition) is 9. The zero-order chi connectivity index (χ0) is 30.9. The van der Waals surface area contributed by atoms with Crippen molar-refractivity contribution in [1.29, 1.82) is 0 Å². The Morgan fingerprint density at radius 3 is 2.36 bits per heavy atom. The molecule has 1 fully saturated rings. The van der Waals surface area contributed by atoms with Crippen molar-refractivity contribution >= 4 is 69.1 Å². The summed E-state index contributed by atoms with van der Waals surface area (Å²) >= 11 is 5.12. The number of piperidine rings is 1. The van der Waals surface area contributed by atoms with Gasteiger partial charge in [0.25, 0.3) is 5.56 Å². The Hall–Kier alpha value is -2.55. The van der Waals surface area contributed by atoms with E-state index < -0.39 is 11.9 Å². The second kappa shape index (κ2) is 18.6. The van der Waals surface area contributed by atoms with Gasteiger partial charge in [-0.25, -0.2) is 4.98 Å². The van der Waals surface area contributed by atoms with E-state index in [1.165, 1.54) is 44.5 Å². The van der Waals surface area contributed by atoms with Crippen LogP contribution in [0, 0.1) is 19.8 Å². The van der Waals surface area contributed by atoms with Crippen LogP contribution in [0.2, 0.25) is 0 Å². The Labute approximate surface area is 296 Å². The van der Waals surface area contributed by atoms with Crippen LogP contribution in [0.3, 0.4) is 0 Å². The quantitative estimate of drug-likeness (QED) is 0.160. The summed E-state index contributed by atoms with van der Waals surface area (Å²) in [5.74, 6) is -2.21. The van der Waals surface area contributed by atoms with Crippen LogP contribution < -0.4 is 40.2 Å². The fraction of sp³-hybridized carbons (Fsp3) is 0.312. The van der Waals surface area contributed by atoms with Crippen LogP contribution in [0.1, 0.15) is 40.1 Å². The Bertz CT molecular complexity index is 1670. The largest absolute Gasteiger partial charge is 1.00 e. The van der Waals surface area contributed by atoms with Gasteiger partial charge in [-0.15, -0.1) is 34.4 Å². The van der Waals surface area contributed by atoms with E-state index in [4.69, 9.17) is 0 Å².